The van der Waals surface area contributed by atoms with Crippen molar-refractivity contribution in [3.63, 3.8) is 0 Å². The number of likely N-dealkylation sites (tertiary alicyclic amines) is 1. The molecule has 0 aliphatic carbocycles. The third kappa shape index (κ3) is 3.94. The van der Waals surface area contributed by atoms with Gasteiger partial charge in [-0.05, 0) is 30.0 Å². The van der Waals surface area contributed by atoms with E-state index in [2.05, 4.69) is 34.5 Å². The zero-order chi connectivity index (χ0) is 19.5. The van der Waals surface area contributed by atoms with Gasteiger partial charge in [-0.15, -0.1) is 0 Å². The van der Waals surface area contributed by atoms with Crippen LogP contribution in [-0.2, 0) is 22.6 Å². The number of benzene rings is 2. The Hall–Kier alpha value is -2.66. The Morgan fingerprint density at radius 2 is 1.68 bits per heavy atom. The van der Waals surface area contributed by atoms with Gasteiger partial charge in [0.2, 0.25) is 11.8 Å². The van der Waals surface area contributed by atoms with E-state index in [1.54, 1.807) is 4.90 Å². The molecule has 2 aliphatic heterocycles. The van der Waals surface area contributed by atoms with Gasteiger partial charge in [0.15, 0.2) is 0 Å². The second-order valence-electron chi connectivity index (χ2n) is 7.78. The van der Waals surface area contributed by atoms with E-state index in [9.17, 15) is 9.59 Å². The van der Waals surface area contributed by atoms with Crippen molar-refractivity contribution in [2.75, 3.05) is 18.0 Å². The van der Waals surface area contributed by atoms with Crippen LogP contribution in [0.25, 0.3) is 0 Å². The van der Waals surface area contributed by atoms with Crippen molar-refractivity contribution in [1.29, 1.82) is 0 Å². The van der Waals surface area contributed by atoms with Crippen LogP contribution in [0, 0.1) is 0 Å². The van der Waals surface area contributed by atoms with E-state index < -0.39 is 6.04 Å². The quantitative estimate of drug-likeness (QED) is 0.891. The molecule has 1 fully saturated rings. The lowest BCUT2D eigenvalue weighted by Gasteiger charge is -2.33. The van der Waals surface area contributed by atoms with Gasteiger partial charge in [-0.1, -0.05) is 48.5 Å². The molecule has 146 valence electrons. The van der Waals surface area contributed by atoms with Gasteiger partial charge in [-0.3, -0.25) is 19.4 Å². The van der Waals surface area contributed by atoms with E-state index in [1.807, 2.05) is 30.3 Å². The molecule has 2 heterocycles. The lowest BCUT2D eigenvalue weighted by Crippen LogP contribution is -2.52. The van der Waals surface area contributed by atoms with Gasteiger partial charge in [0, 0.05) is 44.7 Å². The highest BCUT2D eigenvalue weighted by Gasteiger charge is 2.37. The van der Waals surface area contributed by atoms with Crippen LogP contribution in [0.4, 0.5) is 5.69 Å². The van der Waals surface area contributed by atoms with Crippen LogP contribution in [0.5, 0.6) is 0 Å². The highest BCUT2D eigenvalue weighted by molar-refractivity contribution is 6.02. The summed E-state index contributed by atoms with van der Waals surface area (Å²) in [6, 6.07) is 18.0. The first-order chi connectivity index (χ1) is 13.6. The lowest BCUT2D eigenvalue weighted by molar-refractivity contribution is -0.126. The predicted octanol–water partition coefficient (Wildman–Crippen LogP) is 2.75. The monoisotopic (exact) mass is 377 g/mol. The molecule has 1 N–H and O–H groups in total. The second kappa shape index (κ2) is 8.15. The highest BCUT2D eigenvalue weighted by Crippen LogP contribution is 2.32. The number of carbonyl (C=O) groups is 2. The Bertz CT molecular complexity index is 844. The fraction of sp³-hybridized carbons (Fsp3) is 0.391. The number of fused-ring (bicyclic) bond motifs is 1. The van der Waals surface area contributed by atoms with Gasteiger partial charge in [0.05, 0.1) is 0 Å². The largest absolute Gasteiger partial charge is 0.351 e. The fourth-order valence-electron chi connectivity index (χ4n) is 4.36. The number of anilines is 1. The number of hydrogen-bond acceptors (Lipinski definition) is 3. The van der Waals surface area contributed by atoms with Gasteiger partial charge >= 0.3 is 0 Å². The van der Waals surface area contributed by atoms with Gasteiger partial charge in [-0.2, -0.15) is 0 Å². The zero-order valence-corrected chi connectivity index (χ0v) is 16.3. The fourth-order valence-corrected chi connectivity index (χ4v) is 4.36. The topological polar surface area (TPSA) is 52.7 Å². The zero-order valence-electron chi connectivity index (χ0n) is 16.3. The van der Waals surface area contributed by atoms with Crippen molar-refractivity contribution < 1.29 is 9.59 Å². The number of hydrogen-bond donors (Lipinski definition) is 1. The van der Waals surface area contributed by atoms with Gasteiger partial charge < -0.3 is 5.32 Å². The summed E-state index contributed by atoms with van der Waals surface area (Å²) in [5.74, 6) is -0.115. The maximum Gasteiger partial charge on any atom is 0.243 e. The molecule has 2 aromatic rings. The number of carbonyl (C=O) groups excluding carboxylic acids is 2. The Morgan fingerprint density at radius 1 is 1.00 bits per heavy atom. The molecule has 2 aromatic carbocycles. The number of nitrogens with zero attached hydrogens (tertiary/aromatic N) is 2. The van der Waals surface area contributed by atoms with Crippen molar-refractivity contribution in [3.05, 3.63) is 65.7 Å². The Balaban J connectivity index is 1.33. The maximum atomic E-state index is 13.0. The van der Waals surface area contributed by atoms with Crippen LogP contribution in [0.2, 0.25) is 0 Å². The SMILES string of the molecule is CC(=O)N1c2ccccc2C[C@H]1C(=O)NC1CCN(Cc2ccccc2)CC1. The van der Waals surface area contributed by atoms with Crippen LogP contribution >= 0.6 is 0 Å². The summed E-state index contributed by atoms with van der Waals surface area (Å²) in [6.45, 7) is 4.43. The summed E-state index contributed by atoms with van der Waals surface area (Å²) in [5.41, 5.74) is 3.26. The number of amides is 2. The summed E-state index contributed by atoms with van der Waals surface area (Å²) >= 11 is 0. The normalized spacial score (nSPS) is 20.0. The maximum absolute atomic E-state index is 13.0. The van der Waals surface area contributed by atoms with Gasteiger partial charge in [0.1, 0.15) is 6.04 Å². The first kappa shape index (κ1) is 18.7. The third-order valence-electron chi connectivity index (χ3n) is 5.80. The molecule has 5 heteroatoms. The minimum Gasteiger partial charge on any atom is -0.351 e. The summed E-state index contributed by atoms with van der Waals surface area (Å²) in [4.78, 5) is 29.2. The van der Waals surface area contributed by atoms with E-state index in [-0.39, 0.29) is 17.9 Å². The lowest BCUT2D eigenvalue weighted by atomic mass is 10.0. The molecule has 0 aromatic heterocycles. The minimum atomic E-state index is -0.433. The molecule has 1 atom stereocenters. The van der Waals surface area contributed by atoms with Gasteiger partial charge in [-0.25, -0.2) is 0 Å². The van der Waals surface area contributed by atoms with Crippen molar-refractivity contribution in [3.8, 4) is 0 Å². The molecule has 0 spiro atoms. The summed E-state index contributed by atoms with van der Waals surface area (Å²) in [6.07, 6.45) is 2.48. The van der Waals surface area contributed by atoms with E-state index >= 15 is 0 Å². The van der Waals surface area contributed by atoms with Crippen molar-refractivity contribution in [2.45, 2.75) is 44.8 Å². The second-order valence-corrected chi connectivity index (χ2v) is 7.78. The number of para-hydroxylation sites is 1. The van der Waals surface area contributed by atoms with Crippen molar-refractivity contribution in [2.24, 2.45) is 0 Å². The first-order valence-electron chi connectivity index (χ1n) is 10.1. The van der Waals surface area contributed by atoms with E-state index in [1.165, 1.54) is 12.5 Å². The molecule has 0 radical (unpaired) electrons. The molecule has 4 rings (SSSR count). The number of rotatable bonds is 4. The molecule has 1 saturated heterocycles. The van der Waals surface area contributed by atoms with Gasteiger partial charge in [0.25, 0.3) is 0 Å². The Morgan fingerprint density at radius 3 is 2.39 bits per heavy atom. The van der Waals surface area contributed by atoms with Crippen LogP contribution < -0.4 is 10.2 Å². The summed E-state index contributed by atoms with van der Waals surface area (Å²) in [7, 11) is 0. The highest BCUT2D eigenvalue weighted by atomic mass is 16.2. The van der Waals surface area contributed by atoms with Crippen LogP contribution in [0.15, 0.2) is 54.6 Å². The van der Waals surface area contributed by atoms with E-state index in [0.29, 0.717) is 6.42 Å². The van der Waals surface area contributed by atoms with E-state index in [0.717, 1.165) is 43.7 Å². The molecule has 5 nitrogen and oxygen atoms in total. The molecular weight excluding hydrogens is 350 g/mol. The van der Waals surface area contributed by atoms with Crippen molar-refractivity contribution >= 4 is 17.5 Å². The third-order valence-corrected chi connectivity index (χ3v) is 5.80. The predicted molar refractivity (Wildman–Crippen MR) is 110 cm³/mol. The molecule has 28 heavy (non-hydrogen) atoms. The summed E-state index contributed by atoms with van der Waals surface area (Å²) < 4.78 is 0. The minimum absolute atomic E-state index is 0.0343. The molecule has 2 amide bonds. The summed E-state index contributed by atoms with van der Waals surface area (Å²) in [5, 5.41) is 3.21. The van der Waals surface area contributed by atoms with E-state index in [4.69, 9.17) is 0 Å². The Kier molecular flexibility index (Phi) is 5.44. The average molecular weight is 377 g/mol. The molecular formula is C23H27N3O2. The number of piperidine rings is 1. The Labute approximate surface area is 166 Å². The first-order valence-corrected chi connectivity index (χ1v) is 10.1. The van der Waals surface area contributed by atoms with Crippen molar-refractivity contribution in [1.82, 2.24) is 10.2 Å². The molecule has 2 aliphatic rings. The molecule has 0 bridgehead atoms. The van der Waals surface area contributed by atoms with Crippen LogP contribution in [-0.4, -0.2) is 41.9 Å². The van der Waals surface area contributed by atoms with Crippen LogP contribution in [0.1, 0.15) is 30.9 Å². The molecule has 0 unspecified atom stereocenters. The number of nitrogens with one attached hydrogen (secondary N) is 1. The standard InChI is InChI=1S/C23H27N3O2/c1-17(27)26-21-10-6-5-9-19(21)15-22(26)23(28)24-20-11-13-25(14-12-20)16-18-7-3-2-4-8-18/h2-10,20,22H,11-16H2,1H3,(H,24,28)/t22-/m0/s1. The van der Waals surface area contributed by atoms with Crippen LogP contribution in [0.3, 0.4) is 0 Å². The smallest absolute Gasteiger partial charge is 0.243 e. The average Bonchev–Trinajstić information content (AvgIpc) is 3.10. The molecule has 0 saturated carbocycles.